The minimum atomic E-state index is -0.0419. The lowest BCUT2D eigenvalue weighted by Crippen LogP contribution is -2.24. The molecule has 2 rings (SSSR count). The first-order valence-corrected chi connectivity index (χ1v) is 7.03. The van der Waals surface area contributed by atoms with Crippen molar-refractivity contribution in [2.75, 3.05) is 7.11 Å². The quantitative estimate of drug-likeness (QED) is 0.913. The van der Waals surface area contributed by atoms with Crippen molar-refractivity contribution >= 4 is 5.91 Å². The summed E-state index contributed by atoms with van der Waals surface area (Å²) in [4.78, 5) is 12.3. The van der Waals surface area contributed by atoms with Gasteiger partial charge in [-0.25, -0.2) is 0 Å². The zero-order valence-corrected chi connectivity index (χ0v) is 12.8. The Kier molecular flexibility index (Phi) is 5.12. The molecule has 0 aliphatic rings. The summed E-state index contributed by atoms with van der Waals surface area (Å²) in [5.74, 6) is -0.0419. The van der Waals surface area contributed by atoms with Gasteiger partial charge in [0.2, 0.25) is 0 Å². The van der Waals surface area contributed by atoms with Crippen LogP contribution in [0.5, 0.6) is 0 Å². The van der Waals surface area contributed by atoms with Crippen LogP contribution in [-0.4, -0.2) is 13.0 Å². The highest BCUT2D eigenvalue weighted by molar-refractivity contribution is 5.95. The third-order valence-corrected chi connectivity index (χ3v) is 3.48. The molecule has 21 heavy (non-hydrogen) atoms. The Morgan fingerprint density at radius 2 is 1.81 bits per heavy atom. The number of ether oxygens (including phenoxy) is 1. The molecule has 0 saturated heterocycles. The molecule has 2 aromatic rings. The van der Waals surface area contributed by atoms with E-state index in [-0.39, 0.29) is 5.91 Å². The van der Waals surface area contributed by atoms with E-state index in [4.69, 9.17) is 4.74 Å². The van der Waals surface area contributed by atoms with Crippen LogP contribution < -0.4 is 5.32 Å². The topological polar surface area (TPSA) is 38.3 Å². The van der Waals surface area contributed by atoms with Crippen molar-refractivity contribution in [2.24, 2.45) is 0 Å². The molecule has 3 heteroatoms. The molecule has 0 spiro atoms. The summed E-state index contributed by atoms with van der Waals surface area (Å²) in [6.07, 6.45) is 0. The Bertz CT molecular complexity index is 635. The summed E-state index contributed by atoms with van der Waals surface area (Å²) in [6.45, 7) is 5.04. The Morgan fingerprint density at radius 1 is 1.10 bits per heavy atom. The number of aryl methyl sites for hydroxylation is 2. The van der Waals surface area contributed by atoms with Gasteiger partial charge in [-0.3, -0.25) is 4.79 Å². The Balaban J connectivity index is 2.07. The van der Waals surface area contributed by atoms with Gasteiger partial charge in [-0.2, -0.15) is 0 Å². The lowest BCUT2D eigenvalue weighted by Gasteiger charge is -2.11. The molecule has 2 aromatic carbocycles. The Hall–Kier alpha value is -2.13. The molecular weight excluding hydrogens is 262 g/mol. The lowest BCUT2D eigenvalue weighted by atomic mass is 10.0. The van der Waals surface area contributed by atoms with E-state index in [9.17, 15) is 4.79 Å². The maximum absolute atomic E-state index is 12.3. The molecule has 0 fully saturated rings. The summed E-state index contributed by atoms with van der Waals surface area (Å²) in [6, 6.07) is 13.8. The molecule has 0 saturated carbocycles. The van der Waals surface area contributed by atoms with Crippen molar-refractivity contribution < 1.29 is 9.53 Å². The van der Waals surface area contributed by atoms with E-state index in [1.807, 2.05) is 56.3 Å². The van der Waals surface area contributed by atoms with Crippen LogP contribution in [0.1, 0.15) is 32.6 Å². The van der Waals surface area contributed by atoms with E-state index in [0.717, 1.165) is 27.8 Å². The van der Waals surface area contributed by atoms with E-state index in [0.29, 0.717) is 13.2 Å². The van der Waals surface area contributed by atoms with Crippen LogP contribution in [0, 0.1) is 13.8 Å². The molecule has 0 heterocycles. The van der Waals surface area contributed by atoms with Gasteiger partial charge >= 0.3 is 0 Å². The third kappa shape index (κ3) is 3.92. The third-order valence-electron chi connectivity index (χ3n) is 3.48. The molecule has 0 atom stereocenters. The fourth-order valence-electron chi connectivity index (χ4n) is 2.37. The monoisotopic (exact) mass is 283 g/mol. The van der Waals surface area contributed by atoms with Crippen LogP contribution in [0.3, 0.4) is 0 Å². The molecule has 0 radical (unpaired) electrons. The molecule has 0 aromatic heterocycles. The van der Waals surface area contributed by atoms with E-state index in [1.165, 1.54) is 0 Å². The minimum Gasteiger partial charge on any atom is -0.380 e. The number of carbonyl (C=O) groups is 1. The molecule has 0 aliphatic carbocycles. The van der Waals surface area contributed by atoms with Crippen LogP contribution in [0.2, 0.25) is 0 Å². The predicted octanol–water partition coefficient (Wildman–Crippen LogP) is 3.38. The molecule has 0 unspecified atom stereocenters. The van der Waals surface area contributed by atoms with Gasteiger partial charge in [0.15, 0.2) is 0 Å². The van der Waals surface area contributed by atoms with Gasteiger partial charge in [-0.1, -0.05) is 42.0 Å². The maximum Gasteiger partial charge on any atom is 0.251 e. The normalized spacial score (nSPS) is 10.4. The Labute approximate surface area is 126 Å². The number of carbonyl (C=O) groups excluding carboxylic acids is 1. The smallest absolute Gasteiger partial charge is 0.251 e. The fourth-order valence-corrected chi connectivity index (χ4v) is 2.37. The molecule has 1 N–H and O–H groups in total. The highest BCUT2D eigenvalue weighted by atomic mass is 16.5. The highest BCUT2D eigenvalue weighted by Gasteiger charge is 2.09. The summed E-state index contributed by atoms with van der Waals surface area (Å²) >= 11 is 0. The number of benzene rings is 2. The highest BCUT2D eigenvalue weighted by Crippen LogP contribution is 2.12. The van der Waals surface area contributed by atoms with Crippen LogP contribution in [0.4, 0.5) is 0 Å². The second-order valence-electron chi connectivity index (χ2n) is 5.20. The second kappa shape index (κ2) is 7.04. The van der Waals surface area contributed by atoms with Crippen LogP contribution in [-0.2, 0) is 17.9 Å². The zero-order chi connectivity index (χ0) is 15.2. The number of hydrogen-bond acceptors (Lipinski definition) is 2. The van der Waals surface area contributed by atoms with Crippen molar-refractivity contribution in [3.05, 3.63) is 70.3 Å². The van der Waals surface area contributed by atoms with Crippen molar-refractivity contribution in [3.8, 4) is 0 Å². The molecule has 110 valence electrons. The van der Waals surface area contributed by atoms with Gasteiger partial charge in [0, 0.05) is 19.2 Å². The molecule has 0 bridgehead atoms. The SMILES string of the molecule is COCc1ccccc1CNC(=O)c1ccc(C)cc1C. The van der Waals surface area contributed by atoms with Gasteiger partial charge in [0.25, 0.3) is 5.91 Å². The fraction of sp³-hybridized carbons (Fsp3) is 0.278. The van der Waals surface area contributed by atoms with Gasteiger partial charge in [-0.15, -0.1) is 0 Å². The first kappa shape index (κ1) is 15.3. The number of amides is 1. The minimum absolute atomic E-state index is 0.0419. The van der Waals surface area contributed by atoms with E-state index >= 15 is 0 Å². The summed E-state index contributed by atoms with van der Waals surface area (Å²) in [7, 11) is 1.67. The van der Waals surface area contributed by atoms with E-state index in [1.54, 1.807) is 7.11 Å². The van der Waals surface area contributed by atoms with Gasteiger partial charge in [-0.05, 0) is 36.6 Å². The average molecular weight is 283 g/mol. The van der Waals surface area contributed by atoms with Crippen molar-refractivity contribution in [1.29, 1.82) is 0 Å². The van der Waals surface area contributed by atoms with Gasteiger partial charge in [0.1, 0.15) is 0 Å². The van der Waals surface area contributed by atoms with Crippen LogP contribution >= 0.6 is 0 Å². The summed E-state index contributed by atoms with van der Waals surface area (Å²) in [5.41, 5.74) is 5.07. The van der Waals surface area contributed by atoms with Crippen molar-refractivity contribution in [1.82, 2.24) is 5.32 Å². The number of hydrogen-bond donors (Lipinski definition) is 1. The molecule has 0 aliphatic heterocycles. The van der Waals surface area contributed by atoms with Gasteiger partial charge in [0.05, 0.1) is 6.61 Å². The zero-order valence-electron chi connectivity index (χ0n) is 12.8. The Morgan fingerprint density at radius 3 is 2.48 bits per heavy atom. The average Bonchev–Trinajstić information content (AvgIpc) is 2.46. The molecule has 1 amide bonds. The van der Waals surface area contributed by atoms with E-state index < -0.39 is 0 Å². The van der Waals surface area contributed by atoms with Crippen LogP contribution in [0.15, 0.2) is 42.5 Å². The van der Waals surface area contributed by atoms with Crippen molar-refractivity contribution in [3.63, 3.8) is 0 Å². The first-order valence-electron chi connectivity index (χ1n) is 7.03. The van der Waals surface area contributed by atoms with Crippen LogP contribution in [0.25, 0.3) is 0 Å². The lowest BCUT2D eigenvalue weighted by molar-refractivity contribution is 0.0950. The summed E-state index contributed by atoms with van der Waals surface area (Å²) in [5, 5.41) is 2.98. The number of methoxy groups -OCH3 is 1. The number of nitrogens with one attached hydrogen (secondary N) is 1. The predicted molar refractivity (Wildman–Crippen MR) is 84.2 cm³/mol. The van der Waals surface area contributed by atoms with Gasteiger partial charge < -0.3 is 10.1 Å². The first-order chi connectivity index (χ1) is 10.1. The maximum atomic E-state index is 12.3. The van der Waals surface area contributed by atoms with Crippen molar-refractivity contribution in [2.45, 2.75) is 27.0 Å². The molecular formula is C18H21NO2. The largest absolute Gasteiger partial charge is 0.380 e. The standard InChI is InChI=1S/C18H21NO2/c1-13-8-9-17(14(2)10-13)18(20)19-11-15-6-4-5-7-16(15)12-21-3/h4-10H,11-12H2,1-3H3,(H,19,20). The summed E-state index contributed by atoms with van der Waals surface area (Å²) < 4.78 is 5.18. The molecule has 3 nitrogen and oxygen atoms in total. The number of rotatable bonds is 5. The second-order valence-corrected chi connectivity index (χ2v) is 5.20. The van der Waals surface area contributed by atoms with E-state index in [2.05, 4.69) is 5.32 Å².